The van der Waals surface area contributed by atoms with E-state index in [1.54, 1.807) is 19.9 Å². The van der Waals surface area contributed by atoms with E-state index in [0.29, 0.717) is 47.3 Å². The Morgan fingerprint density at radius 1 is 0.947 bits per heavy atom. The van der Waals surface area contributed by atoms with Crippen LogP contribution in [0.2, 0.25) is 10.0 Å². The Morgan fingerprint density at radius 3 is 2.25 bits per heavy atom. The third-order valence-electron chi connectivity index (χ3n) is 16.4. The summed E-state index contributed by atoms with van der Waals surface area (Å²) in [7, 11) is 4.13. The van der Waals surface area contributed by atoms with Crippen molar-refractivity contribution in [2.45, 2.75) is 138 Å². The molecule has 10 heteroatoms. The van der Waals surface area contributed by atoms with Gasteiger partial charge in [0.15, 0.2) is 5.78 Å². The molecule has 57 heavy (non-hydrogen) atoms. The van der Waals surface area contributed by atoms with Crippen molar-refractivity contribution in [2.75, 3.05) is 33.7 Å². The maximum absolute atomic E-state index is 14.3. The number of likely N-dealkylation sites (N-methyl/N-ethyl adjacent to an activating group) is 1. The van der Waals surface area contributed by atoms with Crippen LogP contribution < -0.4 is 0 Å². The summed E-state index contributed by atoms with van der Waals surface area (Å²) in [5.74, 6) is 0.531. The van der Waals surface area contributed by atoms with Crippen molar-refractivity contribution in [3.05, 3.63) is 45.0 Å². The number of allylic oxidation sites excluding steroid dienone is 1. The molecule has 0 unspecified atom stereocenters. The first kappa shape index (κ1) is 44.6. The first-order chi connectivity index (χ1) is 26.5. The van der Waals surface area contributed by atoms with Gasteiger partial charge in [-0.25, -0.2) is 0 Å². The van der Waals surface area contributed by atoms with E-state index >= 15 is 0 Å². The number of aliphatic carboxylic acids is 1. The summed E-state index contributed by atoms with van der Waals surface area (Å²) in [5.41, 5.74) is 1.34. The van der Waals surface area contributed by atoms with Crippen LogP contribution in [0.25, 0.3) is 0 Å². The van der Waals surface area contributed by atoms with Crippen molar-refractivity contribution in [3.8, 4) is 0 Å². The molecule has 9 atom stereocenters. The van der Waals surface area contributed by atoms with Gasteiger partial charge in [-0.15, -0.1) is 0 Å². The van der Waals surface area contributed by atoms with Gasteiger partial charge < -0.3 is 19.8 Å². The molecule has 5 aliphatic rings. The number of carbonyl (C=O) groups excluding carboxylic acids is 2. The molecule has 0 heterocycles. The van der Waals surface area contributed by atoms with E-state index in [1.165, 1.54) is 5.57 Å². The Labute approximate surface area is 352 Å². The lowest BCUT2D eigenvalue weighted by Crippen LogP contribution is -2.62. The number of ketones is 1. The highest BCUT2D eigenvalue weighted by Gasteiger charge is 2.67. The predicted octanol–water partition coefficient (Wildman–Crippen LogP) is 9.72. The van der Waals surface area contributed by atoms with Gasteiger partial charge in [0.05, 0.1) is 17.9 Å². The molecule has 0 aliphatic heterocycles. The molecule has 1 aromatic carbocycles. The van der Waals surface area contributed by atoms with Gasteiger partial charge in [-0.05, 0) is 143 Å². The number of carboxylic acids is 1. The van der Waals surface area contributed by atoms with Crippen LogP contribution >= 0.6 is 23.2 Å². The van der Waals surface area contributed by atoms with E-state index < -0.39 is 28.9 Å². The fourth-order valence-corrected chi connectivity index (χ4v) is 13.7. The topological polar surface area (TPSA) is 107 Å². The van der Waals surface area contributed by atoms with Gasteiger partial charge in [-0.1, -0.05) is 76.4 Å². The Balaban J connectivity index is 1.26. The van der Waals surface area contributed by atoms with Gasteiger partial charge in [0.2, 0.25) is 0 Å². The summed E-state index contributed by atoms with van der Waals surface area (Å²) in [6, 6.07) is 5.62. The number of aliphatic hydroxyl groups is 1. The third-order valence-corrected chi connectivity index (χ3v) is 17.0. The molecule has 0 spiro atoms. The molecule has 0 radical (unpaired) electrons. The molecular weight excluding hydrogens is 759 g/mol. The van der Waals surface area contributed by atoms with Crippen molar-refractivity contribution < 1.29 is 29.3 Å². The number of hydrogen-bond donors (Lipinski definition) is 2. The van der Waals surface area contributed by atoms with Crippen LogP contribution in [0.5, 0.6) is 0 Å². The minimum atomic E-state index is -1.17. The van der Waals surface area contributed by atoms with Crippen LogP contribution in [-0.2, 0) is 25.7 Å². The van der Waals surface area contributed by atoms with Crippen LogP contribution in [0.15, 0.2) is 29.3 Å². The maximum atomic E-state index is 14.3. The van der Waals surface area contributed by atoms with Crippen molar-refractivity contribution >= 4 is 40.9 Å². The van der Waals surface area contributed by atoms with E-state index in [-0.39, 0.29) is 46.4 Å². The quantitative estimate of drug-likeness (QED) is 0.190. The van der Waals surface area contributed by atoms with Crippen LogP contribution in [0.4, 0.5) is 0 Å². The summed E-state index contributed by atoms with van der Waals surface area (Å²) in [6.45, 7) is 19.7. The first-order valence-electron chi connectivity index (χ1n) is 21.7. The molecule has 4 fully saturated rings. The zero-order chi connectivity index (χ0) is 42.0. The maximum Gasteiger partial charge on any atom is 0.309 e. The largest absolute Gasteiger partial charge is 0.481 e. The van der Waals surface area contributed by atoms with Crippen LogP contribution in [0.3, 0.4) is 0 Å². The molecule has 318 valence electrons. The average Bonchev–Trinajstić information content (AvgIpc) is 3.42. The number of carbonyl (C=O) groups is 3. The molecule has 1 aromatic rings. The highest BCUT2D eigenvalue weighted by atomic mass is 35.5. The number of hydrogen-bond acceptors (Lipinski definition) is 7. The molecule has 0 bridgehead atoms. The first-order valence-corrected chi connectivity index (χ1v) is 22.4. The van der Waals surface area contributed by atoms with Gasteiger partial charge in [0.1, 0.15) is 6.10 Å². The molecule has 0 saturated heterocycles. The number of carboxylic acid groups (broad SMARTS) is 1. The molecular formula is C47H70Cl2N2O6. The van der Waals surface area contributed by atoms with Crippen LogP contribution in [-0.4, -0.2) is 83.7 Å². The summed E-state index contributed by atoms with van der Waals surface area (Å²) >= 11 is 12.9. The number of fused-ring (bicyclic) bond motifs is 7. The zero-order valence-electron chi connectivity index (χ0n) is 36.4. The van der Waals surface area contributed by atoms with E-state index in [0.717, 1.165) is 75.6 Å². The Bertz CT molecular complexity index is 1760. The lowest BCUT2D eigenvalue weighted by Gasteiger charge is -2.68. The van der Waals surface area contributed by atoms with Crippen molar-refractivity contribution in [3.63, 3.8) is 0 Å². The number of rotatable bonds is 13. The minimum Gasteiger partial charge on any atom is -0.481 e. The summed E-state index contributed by atoms with van der Waals surface area (Å²) in [6.07, 6.45) is 7.11. The number of nitrogens with zero attached hydrogens (tertiary/aromatic N) is 2. The molecule has 6 rings (SSSR count). The second-order valence-corrected chi connectivity index (χ2v) is 22.1. The highest BCUT2D eigenvalue weighted by Crippen LogP contribution is 2.73. The van der Waals surface area contributed by atoms with Crippen molar-refractivity contribution in [1.29, 1.82) is 0 Å². The second kappa shape index (κ2) is 16.1. The van der Waals surface area contributed by atoms with Crippen molar-refractivity contribution in [2.24, 2.45) is 56.7 Å². The van der Waals surface area contributed by atoms with Crippen LogP contribution in [0.1, 0.15) is 125 Å². The highest BCUT2D eigenvalue weighted by molar-refractivity contribution is 6.35. The SMILES string of the molecule is CC(C)C1=C2[C@H]3CC[C@H]4[C@@H](CC[C@H]5C(C)(C)[C@@H](OC(=O)CC(C)(C)C(=O)O)CC[C@]45C)[C@]3(C)CC[C@@]2([C@H](O)CN(CCN(C)C)Cc2ccc(Cl)cc2Cl)CC1=O. The molecule has 0 amide bonds. The van der Waals surface area contributed by atoms with Gasteiger partial charge in [-0.2, -0.15) is 0 Å². The van der Waals surface area contributed by atoms with Gasteiger partial charge in [0, 0.05) is 53.5 Å². The number of esters is 1. The predicted molar refractivity (Wildman–Crippen MR) is 227 cm³/mol. The zero-order valence-corrected chi connectivity index (χ0v) is 37.9. The van der Waals surface area contributed by atoms with E-state index in [4.69, 9.17) is 27.9 Å². The second-order valence-electron chi connectivity index (χ2n) is 21.2. The van der Waals surface area contributed by atoms with E-state index in [2.05, 4.69) is 65.4 Å². The number of benzene rings is 1. The molecule has 5 aliphatic carbocycles. The third kappa shape index (κ3) is 8.02. The average molecular weight is 830 g/mol. The normalized spacial score (nSPS) is 34.2. The summed E-state index contributed by atoms with van der Waals surface area (Å²) < 4.78 is 6.17. The van der Waals surface area contributed by atoms with Gasteiger partial charge in [-0.3, -0.25) is 19.3 Å². The summed E-state index contributed by atoms with van der Waals surface area (Å²) in [4.78, 5) is 43.6. The minimum absolute atomic E-state index is 0.0114. The molecule has 2 N–H and O–H groups in total. The lowest BCUT2D eigenvalue weighted by molar-refractivity contribution is -0.205. The molecule has 4 saturated carbocycles. The van der Waals surface area contributed by atoms with E-state index in [9.17, 15) is 24.6 Å². The smallest absolute Gasteiger partial charge is 0.309 e. The Hall–Kier alpha value is -1.97. The fourth-order valence-electron chi connectivity index (χ4n) is 13.3. The molecule has 0 aromatic heterocycles. The van der Waals surface area contributed by atoms with Crippen molar-refractivity contribution in [1.82, 2.24) is 9.80 Å². The lowest BCUT2D eigenvalue weighted by atomic mass is 9.37. The van der Waals surface area contributed by atoms with E-state index in [1.807, 2.05) is 12.1 Å². The van der Waals surface area contributed by atoms with Gasteiger partial charge in [0.25, 0.3) is 0 Å². The number of halogens is 2. The fraction of sp³-hybridized carbons (Fsp3) is 0.766. The standard InChI is InChI=1S/C47H70Cl2N2O6/c1-28(2)40-35(52)24-47(37(53)27-51(22-21-50(9)10)26-29-11-12-30(48)23-34(29)49)20-19-45(7)31-15-16-36-44(5,6)38(57-39(54)25-43(3,4)42(55)56)17-18-46(36,8)32(31)13-14-33(45)41(40)47/h11-12,23,28,31-33,36-38,53H,13-22,24-27H2,1-10H3,(H,55,56)/t31-,32+,33-,36+,37-,38+,45+,46-,47+/m1/s1. The number of Topliss-reactive ketones (excluding diaryl/α,β-unsaturated/α-hetero) is 1. The number of aliphatic hydroxyl groups excluding tert-OH is 1. The van der Waals surface area contributed by atoms with Crippen LogP contribution in [0, 0.1) is 56.7 Å². The Kier molecular flexibility index (Phi) is 12.6. The Morgan fingerprint density at radius 2 is 1.61 bits per heavy atom. The number of ether oxygens (including phenoxy) is 1. The molecule has 8 nitrogen and oxygen atoms in total. The van der Waals surface area contributed by atoms with Gasteiger partial charge >= 0.3 is 11.9 Å². The monoisotopic (exact) mass is 828 g/mol. The summed E-state index contributed by atoms with van der Waals surface area (Å²) in [5, 5.41) is 23.5.